The van der Waals surface area contributed by atoms with Crippen molar-refractivity contribution in [2.24, 2.45) is 35.5 Å². The van der Waals surface area contributed by atoms with E-state index in [0.717, 1.165) is 25.7 Å². The summed E-state index contributed by atoms with van der Waals surface area (Å²) < 4.78 is 0. The second kappa shape index (κ2) is 6.21. The van der Waals surface area contributed by atoms with Crippen molar-refractivity contribution in [1.82, 2.24) is 0 Å². The quantitative estimate of drug-likeness (QED) is 0.696. The molecule has 138 valence electrons. The standard InChI is InChI=1S/C23H28O3/c24-22-20(23(25)26)10-7-14-6-9-18-17-8-5-13-3-1-2-4-15(13)16(17)11-12-19(18)21(14)22/h4-5,8,14,16,18-21H,1-3,6-7,9-12H2,(H,25,26). The highest BCUT2D eigenvalue weighted by Gasteiger charge is 2.52. The predicted octanol–water partition coefficient (Wildman–Crippen LogP) is 4.70. The first kappa shape index (κ1) is 16.5. The van der Waals surface area contributed by atoms with Crippen LogP contribution < -0.4 is 0 Å². The summed E-state index contributed by atoms with van der Waals surface area (Å²) in [5, 5.41) is 9.46. The Balaban J connectivity index is 1.47. The Morgan fingerprint density at radius 1 is 1.04 bits per heavy atom. The van der Waals surface area contributed by atoms with Gasteiger partial charge in [0.05, 0.1) is 0 Å². The highest BCUT2D eigenvalue weighted by Crippen LogP contribution is 2.56. The van der Waals surface area contributed by atoms with Crippen LogP contribution in [0.3, 0.4) is 0 Å². The number of fused-ring (bicyclic) bond motifs is 7. The average Bonchev–Trinajstić information content (AvgIpc) is 2.66. The molecule has 6 atom stereocenters. The summed E-state index contributed by atoms with van der Waals surface area (Å²) in [4.78, 5) is 24.6. The van der Waals surface area contributed by atoms with Crippen molar-refractivity contribution >= 4 is 11.8 Å². The van der Waals surface area contributed by atoms with Crippen LogP contribution in [0.25, 0.3) is 0 Å². The molecule has 26 heavy (non-hydrogen) atoms. The molecule has 5 aliphatic rings. The van der Waals surface area contributed by atoms with Crippen molar-refractivity contribution in [3.05, 3.63) is 34.9 Å². The number of carbonyl (C=O) groups excluding carboxylic acids is 1. The molecule has 3 nitrogen and oxygen atoms in total. The molecule has 0 radical (unpaired) electrons. The summed E-state index contributed by atoms with van der Waals surface area (Å²) in [5.74, 6) is 0.267. The largest absolute Gasteiger partial charge is 0.481 e. The van der Waals surface area contributed by atoms with Gasteiger partial charge in [-0.1, -0.05) is 23.8 Å². The zero-order valence-electron chi connectivity index (χ0n) is 15.3. The summed E-state index contributed by atoms with van der Waals surface area (Å²) >= 11 is 0. The molecule has 0 heterocycles. The van der Waals surface area contributed by atoms with E-state index in [-0.39, 0.29) is 11.7 Å². The van der Waals surface area contributed by atoms with Gasteiger partial charge < -0.3 is 5.11 Å². The van der Waals surface area contributed by atoms with Crippen LogP contribution in [-0.4, -0.2) is 16.9 Å². The van der Waals surface area contributed by atoms with Crippen LogP contribution in [0, 0.1) is 35.5 Å². The van der Waals surface area contributed by atoms with E-state index in [1.165, 1.54) is 31.3 Å². The van der Waals surface area contributed by atoms with Crippen LogP contribution in [0.4, 0.5) is 0 Å². The van der Waals surface area contributed by atoms with E-state index in [1.54, 1.807) is 11.1 Å². The SMILES string of the molecule is O=C(O)C1CCC2CCC3C4=CC=C5CCCC=C5C4CCC3C2C1=O. The third-order valence-corrected chi connectivity index (χ3v) is 7.99. The predicted molar refractivity (Wildman–Crippen MR) is 99.4 cm³/mol. The molecular weight excluding hydrogens is 324 g/mol. The van der Waals surface area contributed by atoms with Crippen LogP contribution in [0.15, 0.2) is 34.9 Å². The molecule has 5 aliphatic carbocycles. The van der Waals surface area contributed by atoms with Gasteiger partial charge in [-0.15, -0.1) is 0 Å². The molecule has 3 saturated carbocycles. The van der Waals surface area contributed by atoms with Crippen molar-refractivity contribution in [1.29, 1.82) is 0 Å². The zero-order chi connectivity index (χ0) is 17.8. The Morgan fingerprint density at radius 2 is 1.88 bits per heavy atom. The monoisotopic (exact) mass is 352 g/mol. The number of hydrogen-bond donors (Lipinski definition) is 1. The van der Waals surface area contributed by atoms with Crippen molar-refractivity contribution in [3.63, 3.8) is 0 Å². The lowest BCUT2D eigenvalue weighted by Crippen LogP contribution is -2.49. The molecule has 3 heteroatoms. The lowest BCUT2D eigenvalue weighted by molar-refractivity contribution is -0.153. The molecule has 0 aromatic rings. The number of ketones is 1. The normalized spacial score (nSPS) is 41.5. The first-order chi connectivity index (χ1) is 12.6. The lowest BCUT2D eigenvalue weighted by atomic mass is 9.52. The van der Waals surface area contributed by atoms with Crippen molar-refractivity contribution in [2.45, 2.75) is 57.8 Å². The number of Topliss-reactive ketones (excluding diaryl/α,β-unsaturated/α-hetero) is 1. The molecule has 0 spiro atoms. The van der Waals surface area contributed by atoms with Gasteiger partial charge in [0.1, 0.15) is 5.92 Å². The number of carboxylic acid groups (broad SMARTS) is 1. The Hall–Kier alpha value is -1.64. The van der Waals surface area contributed by atoms with Crippen LogP contribution in [-0.2, 0) is 9.59 Å². The van der Waals surface area contributed by atoms with Gasteiger partial charge in [-0.05, 0) is 86.7 Å². The van der Waals surface area contributed by atoms with E-state index in [9.17, 15) is 14.7 Å². The van der Waals surface area contributed by atoms with Gasteiger partial charge in [-0.3, -0.25) is 9.59 Å². The fraction of sp³-hybridized carbons (Fsp3) is 0.652. The van der Waals surface area contributed by atoms with Crippen LogP contribution in [0.1, 0.15) is 57.8 Å². The van der Waals surface area contributed by atoms with E-state index in [4.69, 9.17) is 0 Å². The minimum absolute atomic E-state index is 0.00355. The molecule has 1 N–H and O–H groups in total. The lowest BCUT2D eigenvalue weighted by Gasteiger charge is -2.51. The minimum atomic E-state index is -0.902. The summed E-state index contributed by atoms with van der Waals surface area (Å²) in [6.07, 6.45) is 16.9. The maximum atomic E-state index is 13.0. The fourth-order valence-corrected chi connectivity index (χ4v) is 6.88. The topological polar surface area (TPSA) is 54.4 Å². The number of rotatable bonds is 1. The van der Waals surface area contributed by atoms with Crippen molar-refractivity contribution < 1.29 is 14.7 Å². The van der Waals surface area contributed by atoms with Gasteiger partial charge in [-0.2, -0.15) is 0 Å². The smallest absolute Gasteiger partial charge is 0.314 e. The number of carbonyl (C=O) groups is 2. The van der Waals surface area contributed by atoms with E-state index >= 15 is 0 Å². The molecular formula is C23H28O3. The van der Waals surface area contributed by atoms with Gasteiger partial charge in [0.25, 0.3) is 0 Å². The molecule has 0 aromatic carbocycles. The maximum Gasteiger partial charge on any atom is 0.314 e. The number of hydrogen-bond acceptors (Lipinski definition) is 2. The molecule has 0 amide bonds. The maximum absolute atomic E-state index is 13.0. The molecule has 6 unspecified atom stereocenters. The molecule has 0 aliphatic heterocycles. The first-order valence-electron chi connectivity index (χ1n) is 10.5. The van der Waals surface area contributed by atoms with Gasteiger partial charge in [0, 0.05) is 11.8 Å². The van der Waals surface area contributed by atoms with Crippen LogP contribution >= 0.6 is 0 Å². The zero-order valence-corrected chi connectivity index (χ0v) is 15.3. The third-order valence-electron chi connectivity index (χ3n) is 7.99. The average molecular weight is 352 g/mol. The van der Waals surface area contributed by atoms with E-state index in [0.29, 0.717) is 30.1 Å². The molecule has 0 bridgehead atoms. The van der Waals surface area contributed by atoms with Crippen molar-refractivity contribution in [2.75, 3.05) is 0 Å². The summed E-state index contributed by atoms with van der Waals surface area (Å²) in [6.45, 7) is 0. The Morgan fingerprint density at radius 3 is 2.73 bits per heavy atom. The third kappa shape index (κ3) is 2.39. The Labute approximate surface area is 155 Å². The first-order valence-corrected chi connectivity index (χ1v) is 10.5. The van der Waals surface area contributed by atoms with Crippen LogP contribution in [0.2, 0.25) is 0 Å². The second-order valence-electron chi connectivity index (χ2n) is 9.04. The highest BCUT2D eigenvalue weighted by atomic mass is 16.4. The Kier molecular flexibility index (Phi) is 3.95. The van der Waals surface area contributed by atoms with Gasteiger partial charge >= 0.3 is 5.97 Å². The van der Waals surface area contributed by atoms with E-state index in [1.807, 2.05) is 0 Å². The minimum Gasteiger partial charge on any atom is -0.481 e. The molecule has 3 fully saturated rings. The fourth-order valence-electron chi connectivity index (χ4n) is 6.88. The molecule has 5 rings (SSSR count). The number of allylic oxidation sites excluding steroid dienone is 6. The Bertz CT molecular complexity index is 741. The van der Waals surface area contributed by atoms with E-state index < -0.39 is 11.9 Å². The van der Waals surface area contributed by atoms with Crippen LogP contribution in [0.5, 0.6) is 0 Å². The molecule has 0 saturated heterocycles. The molecule has 0 aromatic heterocycles. The summed E-state index contributed by atoms with van der Waals surface area (Å²) in [7, 11) is 0. The summed E-state index contributed by atoms with van der Waals surface area (Å²) in [6, 6.07) is 0. The highest BCUT2D eigenvalue weighted by molar-refractivity contribution is 6.00. The second-order valence-corrected chi connectivity index (χ2v) is 9.04. The number of carboxylic acids is 1. The van der Waals surface area contributed by atoms with Gasteiger partial charge in [0.2, 0.25) is 0 Å². The van der Waals surface area contributed by atoms with Gasteiger partial charge in [-0.25, -0.2) is 0 Å². The number of aliphatic carboxylic acids is 1. The van der Waals surface area contributed by atoms with Crippen molar-refractivity contribution in [3.8, 4) is 0 Å². The van der Waals surface area contributed by atoms with Gasteiger partial charge in [0.15, 0.2) is 5.78 Å². The van der Waals surface area contributed by atoms with E-state index in [2.05, 4.69) is 18.2 Å². The summed E-state index contributed by atoms with van der Waals surface area (Å²) in [5.41, 5.74) is 4.67.